The van der Waals surface area contributed by atoms with E-state index in [0.717, 1.165) is 66.5 Å². The van der Waals surface area contributed by atoms with Crippen LogP contribution in [0.3, 0.4) is 0 Å². The Hall–Kier alpha value is -6.84. The fraction of sp³-hybridized carbons (Fsp3) is 0.0588. The first-order chi connectivity index (χ1) is 26.5. The molecule has 2 aromatic heterocycles. The molecule has 1 aliphatic carbocycles. The number of hydrogen-bond acceptors (Lipinski definition) is 3. The maximum Gasteiger partial charge on any atom is 0.160 e. The van der Waals surface area contributed by atoms with Crippen LogP contribution in [0.4, 0.5) is 0 Å². The Kier molecular flexibility index (Phi) is 6.60. The molecule has 2 heterocycles. The van der Waals surface area contributed by atoms with Crippen LogP contribution >= 0.6 is 0 Å². The van der Waals surface area contributed by atoms with Gasteiger partial charge in [-0.15, -0.1) is 0 Å². The largest absolute Gasteiger partial charge is 0.455 e. The predicted octanol–water partition coefficient (Wildman–Crippen LogP) is 13.7. The van der Waals surface area contributed by atoms with E-state index in [1.54, 1.807) is 0 Å². The second-order valence-electron chi connectivity index (χ2n) is 15.0. The van der Waals surface area contributed by atoms with Gasteiger partial charge >= 0.3 is 0 Å². The molecule has 0 aliphatic heterocycles. The lowest BCUT2D eigenvalue weighted by Gasteiger charge is -2.22. The predicted molar refractivity (Wildman–Crippen MR) is 224 cm³/mol. The Balaban J connectivity index is 1.04. The first-order valence-corrected chi connectivity index (χ1v) is 18.6. The summed E-state index contributed by atoms with van der Waals surface area (Å²) in [5.74, 6) is 0.714. The van der Waals surface area contributed by atoms with Crippen LogP contribution in [-0.2, 0) is 5.41 Å². The Morgan fingerprint density at radius 2 is 1.13 bits per heavy atom. The van der Waals surface area contributed by atoms with Crippen molar-refractivity contribution in [3.63, 3.8) is 0 Å². The van der Waals surface area contributed by atoms with Gasteiger partial charge in [0, 0.05) is 38.3 Å². The molecule has 3 nitrogen and oxygen atoms in total. The average molecular weight is 691 g/mol. The molecule has 254 valence electrons. The zero-order valence-electron chi connectivity index (χ0n) is 30.0. The van der Waals surface area contributed by atoms with E-state index in [2.05, 4.69) is 166 Å². The smallest absolute Gasteiger partial charge is 0.160 e. The van der Waals surface area contributed by atoms with Gasteiger partial charge in [-0.3, -0.25) is 0 Å². The standard InChI is InChI=1S/C51H34N2O/c1-51(2)43-18-10-17-40(48(43)42-28-35-14-6-7-15-36(35)29-44(42)51)46-30-45(52-50(53-46)34-12-4-3-5-13-34)33-21-19-31(20-22-33)37-24-26-47-41(27-37)39-25-23-32-11-8-9-16-38(32)49(39)54-47/h3-30H,1-2H3. The zero-order valence-corrected chi connectivity index (χ0v) is 30.0. The number of hydrogen-bond donors (Lipinski definition) is 0. The van der Waals surface area contributed by atoms with Gasteiger partial charge in [-0.25, -0.2) is 9.97 Å². The third-order valence-electron chi connectivity index (χ3n) is 11.5. The second kappa shape index (κ2) is 11.6. The van der Waals surface area contributed by atoms with Crippen molar-refractivity contribution in [1.82, 2.24) is 9.97 Å². The molecule has 0 saturated carbocycles. The molecule has 0 bridgehead atoms. The summed E-state index contributed by atoms with van der Waals surface area (Å²) in [5, 5.41) is 7.09. The molecule has 54 heavy (non-hydrogen) atoms. The lowest BCUT2D eigenvalue weighted by Crippen LogP contribution is -2.14. The molecule has 0 atom stereocenters. The molecule has 3 heteroatoms. The number of aromatic nitrogens is 2. The van der Waals surface area contributed by atoms with E-state index in [1.807, 2.05) is 18.2 Å². The summed E-state index contributed by atoms with van der Waals surface area (Å²) in [6.07, 6.45) is 0. The van der Waals surface area contributed by atoms with Crippen molar-refractivity contribution in [2.75, 3.05) is 0 Å². The molecule has 8 aromatic carbocycles. The number of rotatable bonds is 4. The van der Waals surface area contributed by atoms with Crippen LogP contribution in [0.5, 0.6) is 0 Å². The SMILES string of the molecule is CC1(C)c2cc3ccccc3cc2-c2c(-c3cc(-c4ccc(-c5ccc6oc7c8ccccc8ccc7c6c5)cc4)nc(-c4ccccc4)n3)cccc21. The van der Waals surface area contributed by atoms with Gasteiger partial charge in [0.25, 0.3) is 0 Å². The summed E-state index contributed by atoms with van der Waals surface area (Å²) in [7, 11) is 0. The zero-order chi connectivity index (χ0) is 36.0. The third kappa shape index (κ3) is 4.68. The molecule has 11 rings (SSSR count). The highest BCUT2D eigenvalue weighted by Gasteiger charge is 2.37. The highest BCUT2D eigenvalue weighted by Crippen LogP contribution is 2.53. The van der Waals surface area contributed by atoms with E-state index in [0.29, 0.717) is 5.82 Å². The van der Waals surface area contributed by atoms with Crippen LogP contribution < -0.4 is 0 Å². The Morgan fingerprint density at radius 1 is 0.426 bits per heavy atom. The minimum Gasteiger partial charge on any atom is -0.455 e. The Morgan fingerprint density at radius 3 is 1.96 bits per heavy atom. The molecule has 0 N–H and O–H groups in total. The third-order valence-corrected chi connectivity index (χ3v) is 11.5. The molecular weight excluding hydrogens is 657 g/mol. The number of benzene rings is 8. The lowest BCUT2D eigenvalue weighted by molar-refractivity contribution is 0.661. The van der Waals surface area contributed by atoms with E-state index in [9.17, 15) is 0 Å². The molecule has 1 aliphatic rings. The summed E-state index contributed by atoms with van der Waals surface area (Å²) in [6.45, 7) is 4.68. The fourth-order valence-electron chi connectivity index (χ4n) is 8.65. The van der Waals surface area contributed by atoms with Gasteiger partial charge in [0.05, 0.1) is 11.4 Å². The van der Waals surface area contributed by atoms with Crippen LogP contribution in [0.15, 0.2) is 174 Å². The Labute approximate surface area is 313 Å². The minimum absolute atomic E-state index is 0.141. The normalized spacial score (nSPS) is 13.1. The van der Waals surface area contributed by atoms with Gasteiger partial charge in [0.1, 0.15) is 11.2 Å². The Bertz CT molecular complexity index is 3120. The highest BCUT2D eigenvalue weighted by molar-refractivity contribution is 6.15. The second-order valence-corrected chi connectivity index (χ2v) is 15.0. The molecule has 0 amide bonds. The maximum absolute atomic E-state index is 6.39. The van der Waals surface area contributed by atoms with Crippen molar-refractivity contribution in [3.05, 3.63) is 181 Å². The van der Waals surface area contributed by atoms with E-state index < -0.39 is 0 Å². The molecule has 10 aromatic rings. The molecule has 0 fully saturated rings. The van der Waals surface area contributed by atoms with E-state index in [-0.39, 0.29) is 5.41 Å². The molecule has 0 radical (unpaired) electrons. The summed E-state index contributed by atoms with van der Waals surface area (Å²) in [6, 6.07) is 60.6. The van der Waals surface area contributed by atoms with Crippen molar-refractivity contribution in [2.24, 2.45) is 0 Å². The van der Waals surface area contributed by atoms with E-state index >= 15 is 0 Å². The quantitative estimate of drug-likeness (QED) is 0.184. The van der Waals surface area contributed by atoms with E-state index in [1.165, 1.54) is 38.4 Å². The summed E-state index contributed by atoms with van der Waals surface area (Å²) in [4.78, 5) is 10.5. The van der Waals surface area contributed by atoms with Gasteiger partial charge in [0.2, 0.25) is 0 Å². The minimum atomic E-state index is -0.141. The fourth-order valence-corrected chi connectivity index (χ4v) is 8.65. The van der Waals surface area contributed by atoms with Crippen molar-refractivity contribution in [3.8, 4) is 56.2 Å². The van der Waals surface area contributed by atoms with Gasteiger partial charge in [-0.2, -0.15) is 0 Å². The van der Waals surface area contributed by atoms with Crippen molar-refractivity contribution < 1.29 is 4.42 Å². The maximum atomic E-state index is 6.39. The highest BCUT2D eigenvalue weighted by atomic mass is 16.3. The van der Waals surface area contributed by atoms with Gasteiger partial charge < -0.3 is 4.42 Å². The summed E-state index contributed by atoms with van der Waals surface area (Å²) >= 11 is 0. The van der Waals surface area contributed by atoms with Crippen molar-refractivity contribution in [2.45, 2.75) is 19.3 Å². The molecular formula is C51H34N2O. The number of nitrogens with zero attached hydrogens (tertiary/aromatic N) is 2. The van der Waals surface area contributed by atoms with Crippen LogP contribution in [-0.4, -0.2) is 9.97 Å². The van der Waals surface area contributed by atoms with Crippen molar-refractivity contribution >= 4 is 43.5 Å². The molecule has 0 spiro atoms. The van der Waals surface area contributed by atoms with Crippen LogP contribution in [0.1, 0.15) is 25.0 Å². The monoisotopic (exact) mass is 690 g/mol. The topological polar surface area (TPSA) is 38.9 Å². The van der Waals surface area contributed by atoms with Crippen LogP contribution in [0.2, 0.25) is 0 Å². The number of furan rings is 1. The van der Waals surface area contributed by atoms with Crippen LogP contribution in [0.25, 0.3) is 99.6 Å². The van der Waals surface area contributed by atoms with Gasteiger partial charge in [0.15, 0.2) is 5.82 Å². The molecule has 0 saturated heterocycles. The first kappa shape index (κ1) is 30.8. The summed E-state index contributed by atoms with van der Waals surface area (Å²) in [5.41, 5.74) is 14.2. The number of fused-ring (bicyclic) bond motifs is 9. The van der Waals surface area contributed by atoms with Gasteiger partial charge in [-0.1, -0.05) is 147 Å². The van der Waals surface area contributed by atoms with Gasteiger partial charge in [-0.05, 0) is 85.9 Å². The van der Waals surface area contributed by atoms with Crippen LogP contribution in [0, 0.1) is 0 Å². The van der Waals surface area contributed by atoms with Crippen molar-refractivity contribution in [1.29, 1.82) is 0 Å². The summed E-state index contributed by atoms with van der Waals surface area (Å²) < 4.78 is 6.39. The first-order valence-electron chi connectivity index (χ1n) is 18.6. The molecule has 0 unspecified atom stereocenters. The average Bonchev–Trinajstić information content (AvgIpc) is 3.71. The van der Waals surface area contributed by atoms with E-state index in [4.69, 9.17) is 14.4 Å². The lowest BCUT2D eigenvalue weighted by atomic mass is 9.81.